The third kappa shape index (κ3) is 8.72. The molecule has 0 spiro atoms. The first-order valence-corrected chi connectivity index (χ1v) is 6.98. The Kier molecular flexibility index (Phi) is 11.5. The highest BCUT2D eigenvalue weighted by Gasteiger charge is 2.18. The third-order valence-electron chi connectivity index (χ3n) is 2.90. The molecular weight excluding hydrogens is 246 g/mol. The highest BCUT2D eigenvalue weighted by Crippen LogP contribution is 2.06. The van der Waals surface area contributed by atoms with E-state index in [0.717, 1.165) is 25.7 Å². The molecule has 0 aromatic heterocycles. The number of rotatable bonds is 11. The Morgan fingerprint density at radius 1 is 0.842 bits per heavy atom. The summed E-state index contributed by atoms with van der Waals surface area (Å²) in [7, 11) is 3.29. The SMILES string of the molecule is CCN(C(=O)CCCCOC)C(=O)CCCCOC. The van der Waals surface area contributed by atoms with E-state index in [4.69, 9.17) is 9.47 Å². The lowest BCUT2D eigenvalue weighted by Gasteiger charge is -2.19. The van der Waals surface area contributed by atoms with Crippen molar-refractivity contribution in [2.45, 2.75) is 45.4 Å². The summed E-state index contributed by atoms with van der Waals surface area (Å²) in [5.41, 5.74) is 0. The molecule has 0 fully saturated rings. The smallest absolute Gasteiger partial charge is 0.229 e. The van der Waals surface area contributed by atoms with E-state index in [-0.39, 0.29) is 11.8 Å². The van der Waals surface area contributed by atoms with Gasteiger partial charge < -0.3 is 9.47 Å². The van der Waals surface area contributed by atoms with Crippen molar-refractivity contribution < 1.29 is 19.1 Å². The molecule has 19 heavy (non-hydrogen) atoms. The van der Waals surface area contributed by atoms with Gasteiger partial charge in [-0.1, -0.05) is 0 Å². The van der Waals surface area contributed by atoms with Crippen molar-refractivity contribution in [3.63, 3.8) is 0 Å². The van der Waals surface area contributed by atoms with E-state index < -0.39 is 0 Å². The molecule has 0 saturated heterocycles. The van der Waals surface area contributed by atoms with Gasteiger partial charge in [-0.2, -0.15) is 0 Å². The predicted molar refractivity (Wildman–Crippen MR) is 73.8 cm³/mol. The first kappa shape index (κ1) is 18.1. The maximum absolute atomic E-state index is 11.9. The van der Waals surface area contributed by atoms with Crippen molar-refractivity contribution >= 4 is 11.8 Å². The van der Waals surface area contributed by atoms with Crippen molar-refractivity contribution in [1.82, 2.24) is 4.90 Å². The van der Waals surface area contributed by atoms with Gasteiger partial charge in [0, 0.05) is 46.8 Å². The van der Waals surface area contributed by atoms with Crippen LogP contribution >= 0.6 is 0 Å². The Balaban J connectivity index is 3.94. The van der Waals surface area contributed by atoms with Crippen molar-refractivity contribution in [3.8, 4) is 0 Å². The van der Waals surface area contributed by atoms with Crippen molar-refractivity contribution in [3.05, 3.63) is 0 Å². The Morgan fingerprint density at radius 3 is 1.58 bits per heavy atom. The zero-order valence-corrected chi connectivity index (χ0v) is 12.4. The monoisotopic (exact) mass is 273 g/mol. The summed E-state index contributed by atoms with van der Waals surface area (Å²) in [4.78, 5) is 25.2. The molecule has 0 aliphatic carbocycles. The molecule has 0 atom stereocenters. The van der Waals surface area contributed by atoms with Gasteiger partial charge in [0.05, 0.1) is 0 Å². The summed E-state index contributed by atoms with van der Waals surface area (Å²) in [6.45, 7) is 3.60. The van der Waals surface area contributed by atoms with E-state index in [9.17, 15) is 9.59 Å². The summed E-state index contributed by atoms with van der Waals surface area (Å²) in [5.74, 6) is -0.148. The minimum Gasteiger partial charge on any atom is -0.385 e. The molecule has 0 aliphatic rings. The van der Waals surface area contributed by atoms with Gasteiger partial charge in [0.25, 0.3) is 0 Å². The largest absolute Gasteiger partial charge is 0.385 e. The third-order valence-corrected chi connectivity index (χ3v) is 2.90. The van der Waals surface area contributed by atoms with Crippen molar-refractivity contribution in [1.29, 1.82) is 0 Å². The molecule has 0 saturated carbocycles. The zero-order valence-electron chi connectivity index (χ0n) is 12.4. The number of nitrogens with zero attached hydrogens (tertiary/aromatic N) is 1. The molecule has 112 valence electrons. The van der Waals surface area contributed by atoms with Gasteiger partial charge in [-0.05, 0) is 32.6 Å². The number of unbranched alkanes of at least 4 members (excludes halogenated alkanes) is 2. The Morgan fingerprint density at radius 2 is 1.26 bits per heavy atom. The first-order chi connectivity index (χ1) is 9.17. The van der Waals surface area contributed by atoms with E-state index in [1.54, 1.807) is 14.2 Å². The minimum atomic E-state index is -0.0738. The molecule has 0 rings (SSSR count). The van der Waals surface area contributed by atoms with Gasteiger partial charge in [-0.3, -0.25) is 14.5 Å². The van der Waals surface area contributed by atoms with Crippen molar-refractivity contribution in [2.75, 3.05) is 34.0 Å². The van der Waals surface area contributed by atoms with Gasteiger partial charge in [0.15, 0.2) is 0 Å². The van der Waals surface area contributed by atoms with E-state index >= 15 is 0 Å². The van der Waals surface area contributed by atoms with Crippen LogP contribution in [0.1, 0.15) is 45.4 Å². The lowest BCUT2D eigenvalue weighted by Crippen LogP contribution is -2.36. The van der Waals surface area contributed by atoms with E-state index in [0.29, 0.717) is 32.6 Å². The van der Waals surface area contributed by atoms with Crippen LogP contribution in [0.2, 0.25) is 0 Å². The maximum Gasteiger partial charge on any atom is 0.229 e. The molecule has 2 amide bonds. The number of imide groups is 1. The average Bonchev–Trinajstić information content (AvgIpc) is 2.40. The molecule has 0 aromatic rings. The van der Waals surface area contributed by atoms with Gasteiger partial charge in [0.1, 0.15) is 0 Å². The number of hydrogen-bond acceptors (Lipinski definition) is 4. The molecule has 0 heterocycles. The van der Waals surface area contributed by atoms with Crippen LogP contribution in [0.3, 0.4) is 0 Å². The standard InChI is InChI=1S/C14H27NO4/c1-4-15(13(16)9-5-7-11-18-2)14(17)10-6-8-12-19-3/h4-12H2,1-3H3. The average molecular weight is 273 g/mol. The van der Waals surface area contributed by atoms with E-state index in [2.05, 4.69) is 0 Å². The van der Waals surface area contributed by atoms with Gasteiger partial charge in [-0.15, -0.1) is 0 Å². The normalized spacial score (nSPS) is 10.5. The molecule has 0 aromatic carbocycles. The number of carbonyl (C=O) groups is 2. The van der Waals surface area contributed by atoms with Gasteiger partial charge in [-0.25, -0.2) is 0 Å². The minimum absolute atomic E-state index is 0.0738. The molecule has 0 aliphatic heterocycles. The van der Waals surface area contributed by atoms with Gasteiger partial charge in [0.2, 0.25) is 11.8 Å². The van der Waals surface area contributed by atoms with E-state index in [1.807, 2.05) is 6.92 Å². The van der Waals surface area contributed by atoms with Gasteiger partial charge >= 0.3 is 0 Å². The van der Waals surface area contributed by atoms with Crippen LogP contribution < -0.4 is 0 Å². The van der Waals surface area contributed by atoms with Crippen LogP contribution in [0.15, 0.2) is 0 Å². The number of hydrogen-bond donors (Lipinski definition) is 0. The van der Waals surface area contributed by atoms with Crippen LogP contribution in [0.4, 0.5) is 0 Å². The molecule has 5 heteroatoms. The van der Waals surface area contributed by atoms with Crippen molar-refractivity contribution in [2.24, 2.45) is 0 Å². The molecule has 0 radical (unpaired) electrons. The van der Waals surface area contributed by atoms with Crippen LogP contribution in [-0.4, -0.2) is 50.7 Å². The fourth-order valence-electron chi connectivity index (χ4n) is 1.81. The summed E-state index contributed by atoms with van der Waals surface area (Å²) >= 11 is 0. The summed E-state index contributed by atoms with van der Waals surface area (Å²) in [5, 5.41) is 0. The Hall–Kier alpha value is -0.940. The highest BCUT2D eigenvalue weighted by atomic mass is 16.5. The van der Waals surface area contributed by atoms with Crippen LogP contribution in [-0.2, 0) is 19.1 Å². The van der Waals surface area contributed by atoms with Crippen LogP contribution in [0.25, 0.3) is 0 Å². The zero-order chi connectivity index (χ0) is 14.5. The Labute approximate surface area is 116 Å². The summed E-state index contributed by atoms with van der Waals surface area (Å²) in [6.07, 6.45) is 4.06. The van der Waals surface area contributed by atoms with E-state index in [1.165, 1.54) is 4.90 Å². The fourth-order valence-corrected chi connectivity index (χ4v) is 1.81. The molecule has 0 N–H and O–H groups in total. The molecule has 0 unspecified atom stereocenters. The lowest BCUT2D eigenvalue weighted by molar-refractivity contribution is -0.144. The number of carbonyl (C=O) groups excluding carboxylic acids is 2. The second kappa shape index (κ2) is 12.1. The number of ether oxygens (including phenoxy) is 2. The fraction of sp³-hybridized carbons (Fsp3) is 0.857. The molecule has 0 bridgehead atoms. The highest BCUT2D eigenvalue weighted by molar-refractivity contribution is 5.95. The predicted octanol–water partition coefficient (Wildman–Crippen LogP) is 1.99. The second-order valence-electron chi connectivity index (χ2n) is 4.43. The summed E-state index contributed by atoms with van der Waals surface area (Å²) < 4.78 is 9.86. The topological polar surface area (TPSA) is 55.8 Å². The number of methoxy groups -OCH3 is 2. The Bertz CT molecular complexity index is 232. The maximum atomic E-state index is 11.9. The lowest BCUT2D eigenvalue weighted by atomic mass is 10.2. The summed E-state index contributed by atoms with van der Waals surface area (Å²) in [6, 6.07) is 0. The second-order valence-corrected chi connectivity index (χ2v) is 4.43. The van der Waals surface area contributed by atoms with Crippen LogP contribution in [0.5, 0.6) is 0 Å². The van der Waals surface area contributed by atoms with Crippen LogP contribution in [0, 0.1) is 0 Å². The molecule has 5 nitrogen and oxygen atoms in total. The quantitative estimate of drug-likeness (QED) is 0.540. The first-order valence-electron chi connectivity index (χ1n) is 6.98. The molecular formula is C14H27NO4. The number of amides is 2.